The second-order valence-electron chi connectivity index (χ2n) is 19.2. The van der Waals surface area contributed by atoms with E-state index in [4.69, 9.17) is 15.0 Å². The summed E-state index contributed by atoms with van der Waals surface area (Å²) >= 11 is 0. The first-order valence-electron chi connectivity index (χ1n) is 25.4. The fraction of sp³-hybridized carbons (Fsp3) is 0. The van der Waals surface area contributed by atoms with E-state index in [2.05, 4.69) is 281 Å². The standard InChI is InChI=1S/C69H44N6/c1-3-20-45(21-4-1)51-40-38-48(43-65(51)74-61-34-15-9-28-55(61)56-29-10-16-35-62(56)74)68-70-67(47-24-19-25-50(42-47)73-59-32-13-7-26-53(59)54-27-8-14-33-60(54)73)71-69(72-68)49-39-41-52(46-22-5-2-6-23-46)66(44-49)75-63-36-17-11-30-57(63)58-31-12-18-37-64(58)75/h1-44H. The first-order valence-corrected chi connectivity index (χ1v) is 25.4. The second kappa shape index (κ2) is 17.3. The molecule has 0 spiro atoms. The maximum absolute atomic E-state index is 5.51. The van der Waals surface area contributed by atoms with Gasteiger partial charge in [-0.05, 0) is 71.8 Å². The highest BCUT2D eigenvalue weighted by atomic mass is 15.0. The van der Waals surface area contributed by atoms with Crippen molar-refractivity contribution in [1.82, 2.24) is 28.7 Å². The number of fused-ring (bicyclic) bond motifs is 9. The summed E-state index contributed by atoms with van der Waals surface area (Å²) in [5.41, 5.74) is 17.0. The molecule has 0 unspecified atom stereocenters. The molecule has 75 heavy (non-hydrogen) atoms. The number of nitrogens with zero attached hydrogens (tertiary/aromatic N) is 6. The largest absolute Gasteiger partial charge is 0.309 e. The van der Waals surface area contributed by atoms with E-state index < -0.39 is 0 Å². The summed E-state index contributed by atoms with van der Waals surface area (Å²) in [7, 11) is 0. The average molecular weight is 957 g/mol. The first-order chi connectivity index (χ1) is 37.2. The molecule has 0 aliphatic carbocycles. The van der Waals surface area contributed by atoms with Crippen molar-refractivity contribution in [2.75, 3.05) is 0 Å². The van der Waals surface area contributed by atoms with Crippen LogP contribution in [0.25, 0.3) is 139 Å². The molecule has 0 radical (unpaired) electrons. The number of para-hydroxylation sites is 6. The predicted octanol–water partition coefficient (Wildman–Crippen LogP) is 17.5. The van der Waals surface area contributed by atoms with Crippen LogP contribution in [-0.2, 0) is 0 Å². The minimum absolute atomic E-state index is 0.574. The molecule has 4 aromatic heterocycles. The third-order valence-electron chi connectivity index (χ3n) is 14.9. The van der Waals surface area contributed by atoms with Crippen molar-refractivity contribution in [2.24, 2.45) is 0 Å². The van der Waals surface area contributed by atoms with E-state index in [1.165, 1.54) is 32.3 Å². The topological polar surface area (TPSA) is 53.5 Å². The Morgan fingerprint density at radius 3 is 0.867 bits per heavy atom. The molecular formula is C69H44N6. The van der Waals surface area contributed by atoms with Gasteiger partial charge in [-0.25, -0.2) is 15.0 Å². The second-order valence-corrected chi connectivity index (χ2v) is 19.2. The zero-order chi connectivity index (χ0) is 49.4. The van der Waals surface area contributed by atoms with E-state index in [1.807, 2.05) is 0 Å². The molecule has 0 amide bonds. The molecule has 0 atom stereocenters. The SMILES string of the molecule is c1ccc(-c2ccc(-c3nc(-c4cccc(-n5c6ccccc6c6ccccc65)c4)nc(-c4ccc(-c5ccccc5)c(-n5c6ccccc6c6ccccc65)c4)n3)cc2-n2c3ccccc3c3ccccc32)cc1. The summed E-state index contributed by atoms with van der Waals surface area (Å²) in [6.07, 6.45) is 0. The molecule has 0 N–H and O–H groups in total. The Morgan fingerprint density at radius 2 is 0.507 bits per heavy atom. The van der Waals surface area contributed by atoms with Gasteiger partial charge in [-0.15, -0.1) is 0 Å². The molecular weight excluding hydrogens is 913 g/mol. The maximum Gasteiger partial charge on any atom is 0.164 e. The molecule has 0 saturated heterocycles. The number of aromatic nitrogens is 6. The molecule has 11 aromatic carbocycles. The van der Waals surface area contributed by atoms with Gasteiger partial charge in [0.25, 0.3) is 0 Å². The Morgan fingerprint density at radius 1 is 0.213 bits per heavy atom. The van der Waals surface area contributed by atoms with Gasteiger partial charge < -0.3 is 13.7 Å². The summed E-state index contributed by atoms with van der Waals surface area (Å²) in [6.45, 7) is 0. The summed E-state index contributed by atoms with van der Waals surface area (Å²) in [5, 5.41) is 7.21. The van der Waals surface area contributed by atoms with Crippen LogP contribution in [0.15, 0.2) is 267 Å². The molecule has 4 heterocycles. The predicted molar refractivity (Wildman–Crippen MR) is 310 cm³/mol. The molecule has 0 saturated carbocycles. The molecule has 6 heteroatoms. The highest BCUT2D eigenvalue weighted by Crippen LogP contribution is 2.41. The fourth-order valence-electron chi connectivity index (χ4n) is 11.5. The third-order valence-corrected chi connectivity index (χ3v) is 14.9. The van der Waals surface area contributed by atoms with Crippen LogP contribution in [0.4, 0.5) is 0 Å². The van der Waals surface area contributed by atoms with E-state index >= 15 is 0 Å². The lowest BCUT2D eigenvalue weighted by Crippen LogP contribution is -2.04. The highest BCUT2D eigenvalue weighted by molar-refractivity contribution is 6.12. The molecule has 15 rings (SSSR count). The van der Waals surface area contributed by atoms with Gasteiger partial charge >= 0.3 is 0 Å². The van der Waals surface area contributed by atoms with Crippen LogP contribution in [0.1, 0.15) is 0 Å². The number of benzene rings is 11. The first kappa shape index (κ1) is 42.5. The lowest BCUT2D eigenvalue weighted by atomic mass is 10.00. The van der Waals surface area contributed by atoms with Gasteiger partial charge in [0.1, 0.15) is 0 Å². The van der Waals surface area contributed by atoms with Gasteiger partial charge in [0.15, 0.2) is 17.5 Å². The lowest BCUT2D eigenvalue weighted by molar-refractivity contribution is 1.07. The van der Waals surface area contributed by atoms with Crippen molar-refractivity contribution in [2.45, 2.75) is 0 Å². The molecule has 0 fully saturated rings. The smallest absolute Gasteiger partial charge is 0.164 e. The summed E-state index contributed by atoms with van der Waals surface area (Å²) in [6, 6.07) is 95.2. The van der Waals surface area contributed by atoms with Gasteiger partial charge in [-0.2, -0.15) is 0 Å². The Hall–Kier alpha value is -10.2. The van der Waals surface area contributed by atoms with Crippen LogP contribution >= 0.6 is 0 Å². The summed E-state index contributed by atoms with van der Waals surface area (Å²) < 4.78 is 7.14. The van der Waals surface area contributed by atoms with Gasteiger partial charge in [-0.1, -0.05) is 206 Å². The van der Waals surface area contributed by atoms with E-state index in [9.17, 15) is 0 Å². The van der Waals surface area contributed by atoms with E-state index in [-0.39, 0.29) is 0 Å². The van der Waals surface area contributed by atoms with Crippen LogP contribution in [0.3, 0.4) is 0 Å². The van der Waals surface area contributed by atoms with Crippen molar-refractivity contribution in [1.29, 1.82) is 0 Å². The third kappa shape index (κ3) is 6.92. The van der Waals surface area contributed by atoms with Gasteiger partial charge in [0.2, 0.25) is 0 Å². The van der Waals surface area contributed by atoms with Crippen molar-refractivity contribution in [3.05, 3.63) is 267 Å². The van der Waals surface area contributed by atoms with E-state index in [1.54, 1.807) is 0 Å². The van der Waals surface area contributed by atoms with Crippen LogP contribution in [0.2, 0.25) is 0 Å². The molecule has 0 aliphatic heterocycles. The van der Waals surface area contributed by atoms with Crippen LogP contribution in [0.5, 0.6) is 0 Å². The Balaban J connectivity index is 0.990. The van der Waals surface area contributed by atoms with Crippen LogP contribution in [0, 0.1) is 0 Å². The maximum atomic E-state index is 5.51. The molecule has 0 aliphatic rings. The van der Waals surface area contributed by atoms with Gasteiger partial charge in [-0.3, -0.25) is 0 Å². The molecule has 0 bridgehead atoms. The van der Waals surface area contributed by atoms with Crippen molar-refractivity contribution in [3.63, 3.8) is 0 Å². The van der Waals surface area contributed by atoms with Gasteiger partial charge in [0.05, 0.1) is 44.5 Å². The van der Waals surface area contributed by atoms with Crippen LogP contribution in [-0.4, -0.2) is 28.7 Å². The number of rotatable bonds is 8. The quantitative estimate of drug-likeness (QED) is 0.152. The molecule has 350 valence electrons. The average Bonchev–Trinajstić information content (AvgIpc) is 4.17. The Bertz CT molecular complexity index is 4340. The van der Waals surface area contributed by atoms with Crippen molar-refractivity contribution in [3.8, 4) is 73.5 Å². The van der Waals surface area contributed by atoms with Crippen molar-refractivity contribution >= 4 is 65.4 Å². The minimum Gasteiger partial charge on any atom is -0.309 e. The van der Waals surface area contributed by atoms with Gasteiger partial charge in [0, 0.05) is 65.8 Å². The highest BCUT2D eigenvalue weighted by Gasteiger charge is 2.22. The lowest BCUT2D eigenvalue weighted by Gasteiger charge is -2.17. The summed E-state index contributed by atoms with van der Waals surface area (Å²) in [4.78, 5) is 16.4. The fourth-order valence-corrected chi connectivity index (χ4v) is 11.5. The monoisotopic (exact) mass is 956 g/mol. The molecule has 15 aromatic rings. The zero-order valence-corrected chi connectivity index (χ0v) is 40.6. The van der Waals surface area contributed by atoms with E-state index in [0.29, 0.717) is 17.5 Å². The van der Waals surface area contributed by atoms with Crippen LogP contribution < -0.4 is 0 Å². The van der Waals surface area contributed by atoms with Crippen molar-refractivity contribution < 1.29 is 0 Å². The number of hydrogen-bond donors (Lipinski definition) is 0. The van der Waals surface area contributed by atoms with E-state index in [0.717, 1.165) is 89.1 Å². The number of hydrogen-bond acceptors (Lipinski definition) is 3. The Labute approximate surface area is 432 Å². The minimum atomic E-state index is 0.574. The summed E-state index contributed by atoms with van der Waals surface area (Å²) in [5.74, 6) is 1.72. The zero-order valence-electron chi connectivity index (χ0n) is 40.6. The molecule has 6 nitrogen and oxygen atoms in total. The normalized spacial score (nSPS) is 11.7. The Kier molecular flexibility index (Phi) is 9.78.